The van der Waals surface area contributed by atoms with Crippen molar-refractivity contribution in [2.24, 2.45) is 11.1 Å². The highest BCUT2D eigenvalue weighted by atomic mass is 32.1. The number of Topliss-reactive ketones (excluding diaryl/α,β-unsaturated/α-hetero) is 1. The van der Waals surface area contributed by atoms with Gasteiger partial charge in [0.25, 0.3) is 0 Å². The highest BCUT2D eigenvalue weighted by Crippen LogP contribution is 2.46. The number of carbonyl (C=O) groups is 1. The number of carbonyl (C=O) groups excluding carboxylic acids is 1. The molecule has 0 bridgehead atoms. The maximum atomic E-state index is 11.8. The number of hydrogen-bond acceptors (Lipinski definition) is 4. The van der Waals surface area contributed by atoms with E-state index in [1.54, 1.807) is 11.3 Å². The smallest absolute Gasteiger partial charge is 0.147 e. The maximum Gasteiger partial charge on any atom is 0.147 e. The van der Waals surface area contributed by atoms with Crippen molar-refractivity contribution in [1.29, 1.82) is 0 Å². The topological polar surface area (TPSA) is 56.0 Å². The zero-order valence-corrected chi connectivity index (χ0v) is 9.06. The van der Waals surface area contributed by atoms with Crippen molar-refractivity contribution in [2.45, 2.75) is 26.2 Å². The second-order valence-corrected chi connectivity index (χ2v) is 4.91. The fraction of sp³-hybridized carbons (Fsp3) is 0.600. The van der Waals surface area contributed by atoms with Gasteiger partial charge in [0.15, 0.2) is 0 Å². The van der Waals surface area contributed by atoms with Crippen LogP contribution in [0.5, 0.6) is 0 Å². The summed E-state index contributed by atoms with van der Waals surface area (Å²) in [5.41, 5.74) is 6.41. The second kappa shape index (κ2) is 3.44. The van der Waals surface area contributed by atoms with E-state index in [4.69, 9.17) is 5.73 Å². The molecule has 76 valence electrons. The highest BCUT2D eigenvalue weighted by molar-refractivity contribution is 7.09. The van der Waals surface area contributed by atoms with E-state index in [2.05, 4.69) is 4.98 Å². The first-order valence-corrected chi connectivity index (χ1v) is 5.69. The summed E-state index contributed by atoms with van der Waals surface area (Å²) in [5, 5.41) is 2.90. The number of ketones is 1. The van der Waals surface area contributed by atoms with Gasteiger partial charge in [-0.05, 0) is 19.8 Å². The third kappa shape index (κ3) is 1.72. The maximum absolute atomic E-state index is 11.8. The molecule has 0 aliphatic heterocycles. The van der Waals surface area contributed by atoms with Crippen LogP contribution in [0, 0.1) is 12.3 Å². The van der Waals surface area contributed by atoms with E-state index in [0.29, 0.717) is 13.0 Å². The molecule has 14 heavy (non-hydrogen) atoms. The van der Waals surface area contributed by atoms with Crippen LogP contribution < -0.4 is 5.73 Å². The minimum Gasteiger partial charge on any atom is -0.329 e. The standard InChI is InChI=1S/C10H14N2OS/c1-7-5-14-9(12-7)4-8(13)10(6-11)2-3-10/h5H,2-4,6,11H2,1H3. The Labute approximate surface area is 87.3 Å². The predicted octanol–water partition coefficient (Wildman–Crippen LogP) is 1.30. The summed E-state index contributed by atoms with van der Waals surface area (Å²) in [6, 6.07) is 0. The number of hydrogen-bond donors (Lipinski definition) is 1. The molecule has 0 aromatic carbocycles. The van der Waals surface area contributed by atoms with Crippen molar-refractivity contribution in [2.75, 3.05) is 6.54 Å². The molecular formula is C10H14N2OS. The molecule has 0 atom stereocenters. The van der Waals surface area contributed by atoms with E-state index in [1.165, 1.54) is 0 Å². The van der Waals surface area contributed by atoms with Gasteiger partial charge in [0, 0.05) is 23.0 Å². The van der Waals surface area contributed by atoms with Gasteiger partial charge in [-0.15, -0.1) is 11.3 Å². The van der Waals surface area contributed by atoms with Gasteiger partial charge in [0.2, 0.25) is 0 Å². The molecule has 2 rings (SSSR count). The van der Waals surface area contributed by atoms with Gasteiger partial charge in [-0.3, -0.25) is 4.79 Å². The van der Waals surface area contributed by atoms with Crippen LogP contribution in [0.3, 0.4) is 0 Å². The average molecular weight is 210 g/mol. The number of nitrogens with two attached hydrogens (primary N) is 1. The van der Waals surface area contributed by atoms with Crippen molar-refractivity contribution in [3.05, 3.63) is 16.1 Å². The number of aryl methyl sites for hydroxylation is 1. The molecule has 0 amide bonds. The Hall–Kier alpha value is -0.740. The molecule has 0 saturated heterocycles. The lowest BCUT2D eigenvalue weighted by Gasteiger charge is -2.08. The largest absolute Gasteiger partial charge is 0.329 e. The summed E-state index contributed by atoms with van der Waals surface area (Å²) >= 11 is 1.56. The van der Waals surface area contributed by atoms with Crippen molar-refractivity contribution >= 4 is 17.1 Å². The van der Waals surface area contributed by atoms with E-state index in [9.17, 15) is 4.79 Å². The summed E-state index contributed by atoms with van der Waals surface area (Å²) in [6.07, 6.45) is 2.40. The Morgan fingerprint density at radius 2 is 2.43 bits per heavy atom. The summed E-state index contributed by atoms with van der Waals surface area (Å²) in [4.78, 5) is 16.1. The van der Waals surface area contributed by atoms with E-state index < -0.39 is 0 Å². The van der Waals surface area contributed by atoms with E-state index in [1.807, 2.05) is 12.3 Å². The summed E-state index contributed by atoms with van der Waals surface area (Å²) in [6.45, 7) is 2.44. The Balaban J connectivity index is 2.01. The number of nitrogens with zero attached hydrogens (tertiary/aromatic N) is 1. The first kappa shape index (κ1) is 9.80. The van der Waals surface area contributed by atoms with Gasteiger partial charge in [-0.2, -0.15) is 0 Å². The van der Waals surface area contributed by atoms with Crippen LogP contribution in [0.15, 0.2) is 5.38 Å². The molecule has 0 unspecified atom stereocenters. The van der Waals surface area contributed by atoms with Crippen molar-refractivity contribution in [3.63, 3.8) is 0 Å². The van der Waals surface area contributed by atoms with Crippen LogP contribution in [0.25, 0.3) is 0 Å². The zero-order valence-electron chi connectivity index (χ0n) is 8.25. The van der Waals surface area contributed by atoms with Crippen molar-refractivity contribution < 1.29 is 4.79 Å². The van der Waals surface area contributed by atoms with Gasteiger partial charge in [0.05, 0.1) is 6.42 Å². The van der Waals surface area contributed by atoms with Gasteiger partial charge in [-0.1, -0.05) is 0 Å². The molecule has 1 saturated carbocycles. The SMILES string of the molecule is Cc1csc(CC(=O)C2(CN)CC2)n1. The molecule has 1 aromatic heterocycles. The molecule has 0 radical (unpaired) electrons. The predicted molar refractivity (Wildman–Crippen MR) is 56.3 cm³/mol. The van der Waals surface area contributed by atoms with Crippen molar-refractivity contribution in [3.8, 4) is 0 Å². The molecule has 1 fully saturated rings. The third-order valence-corrected chi connectivity index (χ3v) is 3.78. The van der Waals surface area contributed by atoms with Crippen LogP contribution in [0.4, 0.5) is 0 Å². The van der Waals surface area contributed by atoms with E-state index >= 15 is 0 Å². The Morgan fingerprint density at radius 3 is 2.86 bits per heavy atom. The first-order chi connectivity index (χ1) is 6.66. The Kier molecular flexibility index (Phi) is 2.41. The Morgan fingerprint density at radius 1 is 1.71 bits per heavy atom. The zero-order chi connectivity index (χ0) is 10.2. The molecule has 4 heteroatoms. The fourth-order valence-electron chi connectivity index (χ4n) is 1.56. The molecule has 1 aromatic rings. The number of aromatic nitrogens is 1. The normalized spacial score (nSPS) is 18.1. The average Bonchev–Trinajstić information content (AvgIpc) is 2.87. The van der Waals surface area contributed by atoms with E-state index in [0.717, 1.165) is 23.5 Å². The van der Waals surface area contributed by atoms with Crippen molar-refractivity contribution in [1.82, 2.24) is 4.98 Å². The summed E-state index contributed by atoms with van der Waals surface area (Å²) in [5.74, 6) is 0.273. The first-order valence-electron chi connectivity index (χ1n) is 4.81. The van der Waals surface area contributed by atoms with Gasteiger partial charge >= 0.3 is 0 Å². The number of thiazole rings is 1. The third-order valence-electron chi connectivity index (χ3n) is 2.81. The van der Waals surface area contributed by atoms with Crippen LogP contribution in [-0.4, -0.2) is 17.3 Å². The van der Waals surface area contributed by atoms with Crippen LogP contribution in [0.1, 0.15) is 23.5 Å². The summed E-state index contributed by atoms with van der Waals surface area (Å²) in [7, 11) is 0. The lowest BCUT2D eigenvalue weighted by atomic mass is 9.99. The Bertz CT molecular complexity index is 355. The van der Waals surface area contributed by atoms with Crippen LogP contribution >= 0.6 is 11.3 Å². The molecule has 1 heterocycles. The fourth-order valence-corrected chi connectivity index (χ4v) is 2.33. The van der Waals surface area contributed by atoms with Crippen LogP contribution in [-0.2, 0) is 11.2 Å². The quantitative estimate of drug-likeness (QED) is 0.815. The van der Waals surface area contributed by atoms with Gasteiger partial charge < -0.3 is 5.73 Å². The number of rotatable bonds is 4. The van der Waals surface area contributed by atoms with Gasteiger partial charge in [-0.25, -0.2) is 4.98 Å². The molecule has 0 spiro atoms. The highest BCUT2D eigenvalue weighted by Gasteiger charge is 2.47. The molecule has 1 aliphatic carbocycles. The van der Waals surface area contributed by atoms with E-state index in [-0.39, 0.29) is 11.2 Å². The summed E-state index contributed by atoms with van der Waals surface area (Å²) < 4.78 is 0. The van der Waals surface area contributed by atoms with Gasteiger partial charge in [0.1, 0.15) is 10.8 Å². The minimum atomic E-state index is -0.181. The lowest BCUT2D eigenvalue weighted by molar-refractivity contribution is -0.123. The molecule has 3 nitrogen and oxygen atoms in total. The second-order valence-electron chi connectivity index (χ2n) is 3.97. The molecule has 2 N–H and O–H groups in total. The lowest BCUT2D eigenvalue weighted by Crippen LogP contribution is -2.26. The monoisotopic (exact) mass is 210 g/mol. The minimum absolute atomic E-state index is 0.181. The molecule has 1 aliphatic rings. The van der Waals surface area contributed by atoms with Crippen LogP contribution in [0.2, 0.25) is 0 Å². The molecular weight excluding hydrogens is 196 g/mol.